The lowest BCUT2D eigenvalue weighted by molar-refractivity contribution is -0.120. The van der Waals surface area contributed by atoms with E-state index < -0.39 is 0 Å². The number of benzene rings is 1. The van der Waals surface area contributed by atoms with Crippen LogP contribution in [0, 0.1) is 0 Å². The molecule has 2 aromatic heterocycles. The maximum Gasteiger partial charge on any atom is 0.251 e. The number of carbonyl (C=O) groups is 2. The summed E-state index contributed by atoms with van der Waals surface area (Å²) < 4.78 is 0. The summed E-state index contributed by atoms with van der Waals surface area (Å²) in [6.07, 6.45) is 3.52. The number of pyridine rings is 1. The molecule has 0 unspecified atom stereocenters. The molecule has 0 saturated carbocycles. The monoisotopic (exact) mass is 351 g/mol. The van der Waals surface area contributed by atoms with Gasteiger partial charge >= 0.3 is 0 Å². The summed E-state index contributed by atoms with van der Waals surface area (Å²) in [5, 5.41) is 9.46. The molecule has 2 heterocycles. The highest BCUT2D eigenvalue weighted by atomic mass is 32.1. The summed E-state index contributed by atoms with van der Waals surface area (Å²) in [4.78, 5) is 28.0. The number of hydrogen-bond acceptors (Lipinski definition) is 4. The highest BCUT2D eigenvalue weighted by molar-refractivity contribution is 7.08. The Morgan fingerprint density at radius 2 is 1.84 bits per heavy atom. The molecule has 0 aliphatic heterocycles. The number of amides is 2. The molecule has 0 aliphatic carbocycles. The highest BCUT2D eigenvalue weighted by Gasteiger charge is 2.08. The molecule has 25 heavy (non-hydrogen) atoms. The van der Waals surface area contributed by atoms with E-state index in [1.54, 1.807) is 48.0 Å². The van der Waals surface area contributed by atoms with Crippen molar-refractivity contribution in [3.05, 3.63) is 76.7 Å². The van der Waals surface area contributed by atoms with Gasteiger partial charge in [0.1, 0.15) is 0 Å². The molecular weight excluding hydrogens is 334 g/mol. The van der Waals surface area contributed by atoms with Gasteiger partial charge in [-0.3, -0.25) is 14.6 Å². The normalized spacial score (nSPS) is 10.2. The van der Waals surface area contributed by atoms with Crippen molar-refractivity contribution in [1.82, 2.24) is 15.6 Å². The van der Waals surface area contributed by atoms with Crippen LogP contribution in [0.3, 0.4) is 0 Å². The molecule has 0 radical (unpaired) electrons. The standard InChI is InChI=1S/C19H17N3O2S/c23-18(12-22-19(24)15-4-2-1-3-5-15)21-10-14-8-17(11-20-9-14)16-6-7-25-13-16/h1-9,11,13H,10,12H2,(H,21,23)(H,22,24). The molecule has 0 bridgehead atoms. The van der Waals surface area contributed by atoms with E-state index >= 15 is 0 Å². The molecule has 3 aromatic rings. The van der Waals surface area contributed by atoms with Crippen molar-refractivity contribution < 1.29 is 9.59 Å². The van der Waals surface area contributed by atoms with Crippen LogP contribution in [-0.4, -0.2) is 23.3 Å². The Labute approximate surface area is 149 Å². The first-order valence-corrected chi connectivity index (χ1v) is 8.73. The largest absolute Gasteiger partial charge is 0.350 e. The average Bonchev–Trinajstić information content (AvgIpc) is 3.20. The zero-order chi connectivity index (χ0) is 17.5. The maximum atomic E-state index is 11.9. The molecule has 1 aromatic carbocycles. The molecule has 0 spiro atoms. The summed E-state index contributed by atoms with van der Waals surface area (Å²) in [6, 6.07) is 12.8. The van der Waals surface area contributed by atoms with E-state index in [1.807, 2.05) is 23.6 Å². The Bertz CT molecular complexity index is 848. The van der Waals surface area contributed by atoms with Crippen LogP contribution in [0.5, 0.6) is 0 Å². The van der Waals surface area contributed by atoms with E-state index in [1.165, 1.54) is 0 Å². The van der Waals surface area contributed by atoms with Crippen LogP contribution in [0.1, 0.15) is 15.9 Å². The predicted molar refractivity (Wildman–Crippen MR) is 98.2 cm³/mol. The molecule has 0 atom stereocenters. The van der Waals surface area contributed by atoms with Crippen LogP contribution in [0.4, 0.5) is 0 Å². The minimum atomic E-state index is -0.267. The van der Waals surface area contributed by atoms with Gasteiger partial charge < -0.3 is 10.6 Å². The van der Waals surface area contributed by atoms with Gasteiger partial charge in [-0.05, 0) is 46.2 Å². The number of aromatic nitrogens is 1. The molecule has 3 rings (SSSR count). The van der Waals surface area contributed by atoms with E-state index in [9.17, 15) is 9.59 Å². The van der Waals surface area contributed by atoms with Crippen molar-refractivity contribution in [3.8, 4) is 11.1 Å². The van der Waals surface area contributed by atoms with Gasteiger partial charge in [0.25, 0.3) is 5.91 Å². The molecule has 126 valence electrons. The first kappa shape index (κ1) is 16.9. The van der Waals surface area contributed by atoms with Crippen LogP contribution < -0.4 is 10.6 Å². The SMILES string of the molecule is O=C(CNC(=O)c1ccccc1)NCc1cncc(-c2ccsc2)c1. The van der Waals surface area contributed by atoms with E-state index in [2.05, 4.69) is 21.0 Å². The molecule has 2 N–H and O–H groups in total. The Morgan fingerprint density at radius 1 is 1.00 bits per heavy atom. The lowest BCUT2D eigenvalue weighted by atomic mass is 10.1. The Morgan fingerprint density at radius 3 is 2.60 bits per heavy atom. The summed E-state index contributed by atoms with van der Waals surface area (Å²) in [5.41, 5.74) is 3.57. The highest BCUT2D eigenvalue weighted by Crippen LogP contribution is 2.21. The second-order valence-corrected chi connectivity index (χ2v) is 6.20. The lowest BCUT2D eigenvalue weighted by Crippen LogP contribution is -2.36. The second-order valence-electron chi connectivity index (χ2n) is 5.42. The first-order chi connectivity index (χ1) is 12.2. The number of thiophene rings is 1. The number of carbonyl (C=O) groups excluding carboxylic acids is 2. The van der Waals surface area contributed by atoms with Gasteiger partial charge in [-0.1, -0.05) is 18.2 Å². The number of nitrogens with one attached hydrogen (secondary N) is 2. The second kappa shape index (κ2) is 8.21. The third-order valence-corrected chi connectivity index (χ3v) is 4.27. The van der Waals surface area contributed by atoms with Crippen molar-refractivity contribution in [2.75, 3.05) is 6.54 Å². The molecule has 0 aliphatic rings. The molecule has 0 fully saturated rings. The molecule has 2 amide bonds. The van der Waals surface area contributed by atoms with E-state index in [0.717, 1.165) is 16.7 Å². The topological polar surface area (TPSA) is 71.1 Å². The van der Waals surface area contributed by atoms with Gasteiger partial charge in [-0.15, -0.1) is 0 Å². The van der Waals surface area contributed by atoms with Crippen LogP contribution in [0.2, 0.25) is 0 Å². The summed E-state index contributed by atoms with van der Waals surface area (Å²) in [7, 11) is 0. The van der Waals surface area contributed by atoms with E-state index in [-0.39, 0.29) is 18.4 Å². The van der Waals surface area contributed by atoms with Crippen molar-refractivity contribution in [3.63, 3.8) is 0 Å². The number of rotatable bonds is 6. The minimum absolute atomic E-state index is 0.0641. The third-order valence-electron chi connectivity index (χ3n) is 3.58. The Kier molecular flexibility index (Phi) is 5.53. The smallest absolute Gasteiger partial charge is 0.251 e. The van der Waals surface area contributed by atoms with Gasteiger partial charge in [0, 0.05) is 30.1 Å². The summed E-state index contributed by atoms with van der Waals surface area (Å²) in [5.74, 6) is -0.512. The lowest BCUT2D eigenvalue weighted by Gasteiger charge is -2.08. The third kappa shape index (κ3) is 4.74. The number of nitrogens with zero attached hydrogens (tertiary/aromatic N) is 1. The fraction of sp³-hybridized carbons (Fsp3) is 0.105. The summed E-state index contributed by atoms with van der Waals surface area (Å²) in [6.45, 7) is 0.302. The molecular formula is C19H17N3O2S. The van der Waals surface area contributed by atoms with E-state index in [0.29, 0.717) is 12.1 Å². The van der Waals surface area contributed by atoms with Gasteiger partial charge in [0.2, 0.25) is 5.91 Å². The van der Waals surface area contributed by atoms with Gasteiger partial charge in [0.15, 0.2) is 0 Å². The minimum Gasteiger partial charge on any atom is -0.350 e. The molecule has 5 nitrogen and oxygen atoms in total. The number of hydrogen-bond donors (Lipinski definition) is 2. The van der Waals surface area contributed by atoms with Gasteiger partial charge in [-0.2, -0.15) is 11.3 Å². The molecule has 6 heteroatoms. The predicted octanol–water partition coefficient (Wildman–Crippen LogP) is 2.86. The van der Waals surface area contributed by atoms with Crippen LogP contribution in [-0.2, 0) is 11.3 Å². The Balaban J connectivity index is 1.49. The fourth-order valence-corrected chi connectivity index (χ4v) is 2.95. The van der Waals surface area contributed by atoms with Gasteiger partial charge in [0.05, 0.1) is 6.54 Å². The average molecular weight is 351 g/mol. The molecule has 0 saturated heterocycles. The van der Waals surface area contributed by atoms with Crippen LogP contribution >= 0.6 is 11.3 Å². The van der Waals surface area contributed by atoms with Gasteiger partial charge in [-0.25, -0.2) is 0 Å². The first-order valence-electron chi connectivity index (χ1n) is 7.79. The zero-order valence-corrected chi connectivity index (χ0v) is 14.3. The van der Waals surface area contributed by atoms with Crippen LogP contribution in [0.15, 0.2) is 65.6 Å². The zero-order valence-electron chi connectivity index (χ0n) is 13.4. The fourth-order valence-electron chi connectivity index (χ4n) is 2.29. The van der Waals surface area contributed by atoms with E-state index in [4.69, 9.17) is 0 Å². The van der Waals surface area contributed by atoms with Crippen molar-refractivity contribution >= 4 is 23.2 Å². The summed E-state index contributed by atoms with van der Waals surface area (Å²) >= 11 is 1.63. The maximum absolute atomic E-state index is 11.9. The quantitative estimate of drug-likeness (QED) is 0.717. The van der Waals surface area contributed by atoms with Crippen molar-refractivity contribution in [1.29, 1.82) is 0 Å². The van der Waals surface area contributed by atoms with Crippen molar-refractivity contribution in [2.24, 2.45) is 0 Å². The van der Waals surface area contributed by atoms with Crippen LogP contribution in [0.25, 0.3) is 11.1 Å². The Hall–Kier alpha value is -2.99. The van der Waals surface area contributed by atoms with Crippen molar-refractivity contribution in [2.45, 2.75) is 6.54 Å².